The third-order valence-corrected chi connectivity index (χ3v) is 4.14. The fourth-order valence-electron chi connectivity index (χ4n) is 2.19. The molecule has 1 fully saturated rings. The average molecular weight is 375 g/mol. The van der Waals surface area contributed by atoms with Crippen LogP contribution in [0.1, 0.15) is 30.3 Å². The molecule has 1 aliphatic rings. The summed E-state index contributed by atoms with van der Waals surface area (Å²) in [4.78, 5) is 15.6. The highest BCUT2D eigenvalue weighted by atomic mass is 35.5. The van der Waals surface area contributed by atoms with Crippen LogP contribution in [0.25, 0.3) is 17.2 Å². The molecule has 3 aromatic rings. The molecule has 3 aromatic heterocycles. The molecule has 0 radical (unpaired) electrons. The Kier molecular flexibility index (Phi) is 3.40. The first-order valence-corrected chi connectivity index (χ1v) is 7.62. The third-order valence-electron chi connectivity index (χ3n) is 3.52. The van der Waals surface area contributed by atoms with Crippen LogP contribution in [-0.4, -0.2) is 29.5 Å². The number of rotatable bonds is 2. The van der Waals surface area contributed by atoms with Crippen molar-refractivity contribution in [2.45, 2.75) is 24.9 Å². The van der Waals surface area contributed by atoms with E-state index in [2.05, 4.69) is 25.0 Å². The van der Waals surface area contributed by atoms with E-state index in [0.717, 1.165) is 25.1 Å². The van der Waals surface area contributed by atoms with Crippen molar-refractivity contribution < 1.29 is 13.2 Å². The Morgan fingerprint density at radius 3 is 2.54 bits per heavy atom. The predicted molar refractivity (Wildman–Crippen MR) is 78.8 cm³/mol. The number of hydrogen-bond donors (Lipinski definition) is 0. The smallest absolute Gasteiger partial charge is 0.236 e. The summed E-state index contributed by atoms with van der Waals surface area (Å²) in [6.45, 7) is 0. The lowest BCUT2D eigenvalue weighted by molar-refractivity contribution is -0.141. The number of aromatic nitrogens is 6. The molecule has 4 rings (SSSR count). The van der Waals surface area contributed by atoms with Gasteiger partial charge < -0.3 is 0 Å². The van der Waals surface area contributed by atoms with E-state index >= 15 is 0 Å². The van der Waals surface area contributed by atoms with Gasteiger partial charge in [0, 0.05) is 12.1 Å². The van der Waals surface area contributed by atoms with Crippen molar-refractivity contribution in [3.8, 4) is 11.4 Å². The van der Waals surface area contributed by atoms with Crippen molar-refractivity contribution >= 4 is 29.0 Å². The zero-order valence-corrected chi connectivity index (χ0v) is 13.2. The molecule has 3 heterocycles. The molecule has 11 heteroatoms. The average Bonchev–Trinajstić information content (AvgIpc) is 3.27. The second-order valence-corrected chi connectivity index (χ2v) is 6.00. The first-order chi connectivity index (χ1) is 11.3. The van der Waals surface area contributed by atoms with Gasteiger partial charge in [0.15, 0.2) is 11.6 Å². The first-order valence-electron chi connectivity index (χ1n) is 6.87. The van der Waals surface area contributed by atoms with Crippen LogP contribution in [0, 0.1) is 0 Å². The summed E-state index contributed by atoms with van der Waals surface area (Å²) in [5, 5.41) is 4.07. The van der Waals surface area contributed by atoms with Gasteiger partial charge in [-0.05, 0) is 18.9 Å². The molecule has 0 aliphatic heterocycles. The van der Waals surface area contributed by atoms with Crippen molar-refractivity contribution in [3.05, 3.63) is 34.1 Å². The Morgan fingerprint density at radius 1 is 1.12 bits per heavy atom. The van der Waals surface area contributed by atoms with E-state index in [9.17, 15) is 13.2 Å². The fourth-order valence-corrected chi connectivity index (χ4v) is 2.78. The van der Waals surface area contributed by atoms with E-state index in [1.54, 1.807) is 0 Å². The Hall–Kier alpha value is -2.00. The molecule has 0 amide bonds. The quantitative estimate of drug-likeness (QED) is 0.638. The van der Waals surface area contributed by atoms with Gasteiger partial charge in [-0.2, -0.15) is 27.7 Å². The zero-order valence-electron chi connectivity index (χ0n) is 11.7. The Morgan fingerprint density at radius 2 is 1.88 bits per heavy atom. The van der Waals surface area contributed by atoms with Gasteiger partial charge in [0.2, 0.25) is 0 Å². The zero-order chi connectivity index (χ0) is 17.1. The normalized spacial score (nSPS) is 15.2. The lowest BCUT2D eigenvalue weighted by Crippen LogP contribution is -2.10. The van der Waals surface area contributed by atoms with Gasteiger partial charge in [-0.3, -0.25) is 0 Å². The van der Waals surface area contributed by atoms with E-state index in [-0.39, 0.29) is 33.4 Å². The summed E-state index contributed by atoms with van der Waals surface area (Å²) < 4.78 is 39.7. The molecule has 1 aliphatic carbocycles. The summed E-state index contributed by atoms with van der Waals surface area (Å²) in [6, 6.07) is 0.762. The van der Waals surface area contributed by atoms with Gasteiger partial charge in [-0.1, -0.05) is 23.2 Å². The van der Waals surface area contributed by atoms with Gasteiger partial charge in [0.1, 0.15) is 16.0 Å². The predicted octanol–water partition coefficient (Wildman–Crippen LogP) is 3.78. The standard InChI is InChI=1S/C13H7Cl2F3N6/c14-8-7(11-19-4-3-6(20-11)13(16,17)18)9(15)24-12(21-8)22-10(23-24)5-1-2-5/h3-5H,1-2H2. The van der Waals surface area contributed by atoms with Gasteiger partial charge >= 0.3 is 6.18 Å². The summed E-state index contributed by atoms with van der Waals surface area (Å²) in [6.07, 6.45) is -1.67. The van der Waals surface area contributed by atoms with Crippen LogP contribution in [-0.2, 0) is 6.18 Å². The molecule has 6 nitrogen and oxygen atoms in total. The summed E-state index contributed by atoms with van der Waals surface area (Å²) in [5.74, 6) is 0.748. The maximum atomic E-state index is 12.8. The molecular formula is C13H7Cl2F3N6. The SMILES string of the molecule is FC(F)(F)c1ccnc(-c2c(Cl)nc3nc(C4CC4)nn3c2Cl)n1. The first kappa shape index (κ1) is 15.5. The van der Waals surface area contributed by atoms with E-state index in [0.29, 0.717) is 5.82 Å². The highest BCUT2D eigenvalue weighted by Gasteiger charge is 2.34. The molecule has 0 N–H and O–H groups in total. The summed E-state index contributed by atoms with van der Waals surface area (Å²) >= 11 is 12.3. The number of hydrogen-bond acceptors (Lipinski definition) is 5. The maximum absolute atomic E-state index is 12.8. The van der Waals surface area contributed by atoms with Gasteiger partial charge in [0.25, 0.3) is 5.78 Å². The fraction of sp³-hybridized carbons (Fsp3) is 0.308. The number of alkyl halides is 3. The number of nitrogens with zero attached hydrogens (tertiary/aromatic N) is 6. The van der Waals surface area contributed by atoms with Crippen molar-refractivity contribution in [2.24, 2.45) is 0 Å². The van der Waals surface area contributed by atoms with Crippen molar-refractivity contribution in [1.82, 2.24) is 29.5 Å². The maximum Gasteiger partial charge on any atom is 0.433 e. The van der Waals surface area contributed by atoms with Crippen LogP contribution in [0.5, 0.6) is 0 Å². The van der Waals surface area contributed by atoms with E-state index in [4.69, 9.17) is 23.2 Å². The topological polar surface area (TPSA) is 68.9 Å². The molecule has 24 heavy (non-hydrogen) atoms. The largest absolute Gasteiger partial charge is 0.433 e. The molecular weight excluding hydrogens is 368 g/mol. The van der Waals surface area contributed by atoms with Crippen LogP contribution in [0.2, 0.25) is 10.3 Å². The van der Waals surface area contributed by atoms with Gasteiger partial charge in [-0.15, -0.1) is 5.10 Å². The highest BCUT2D eigenvalue weighted by Crippen LogP contribution is 2.39. The Labute approximate surface area is 142 Å². The van der Waals surface area contributed by atoms with Gasteiger partial charge in [0.05, 0.1) is 5.56 Å². The highest BCUT2D eigenvalue weighted by molar-refractivity contribution is 6.37. The molecule has 0 saturated heterocycles. The van der Waals surface area contributed by atoms with Crippen LogP contribution < -0.4 is 0 Å². The minimum Gasteiger partial charge on any atom is -0.236 e. The lowest BCUT2D eigenvalue weighted by atomic mass is 10.3. The van der Waals surface area contributed by atoms with E-state index in [1.807, 2.05) is 0 Å². The molecule has 124 valence electrons. The minimum atomic E-state index is -4.61. The molecule has 0 bridgehead atoms. The number of halogens is 5. The molecule has 0 atom stereocenters. The van der Waals surface area contributed by atoms with Crippen molar-refractivity contribution in [1.29, 1.82) is 0 Å². The molecule has 1 saturated carbocycles. The van der Waals surface area contributed by atoms with Crippen LogP contribution in [0.3, 0.4) is 0 Å². The molecule has 0 aromatic carbocycles. The van der Waals surface area contributed by atoms with E-state index < -0.39 is 11.9 Å². The van der Waals surface area contributed by atoms with Crippen LogP contribution in [0.15, 0.2) is 12.3 Å². The monoisotopic (exact) mass is 374 g/mol. The second-order valence-electron chi connectivity index (χ2n) is 5.29. The van der Waals surface area contributed by atoms with E-state index in [1.165, 1.54) is 4.52 Å². The summed E-state index contributed by atoms with van der Waals surface area (Å²) in [7, 11) is 0. The Bertz CT molecular complexity index is 951. The molecule has 0 spiro atoms. The minimum absolute atomic E-state index is 0.0239. The van der Waals surface area contributed by atoms with Crippen LogP contribution >= 0.6 is 23.2 Å². The third kappa shape index (κ3) is 2.57. The second kappa shape index (κ2) is 5.25. The van der Waals surface area contributed by atoms with Crippen molar-refractivity contribution in [2.75, 3.05) is 0 Å². The lowest BCUT2D eigenvalue weighted by Gasteiger charge is -2.09. The Balaban J connectivity index is 1.90. The van der Waals surface area contributed by atoms with Gasteiger partial charge in [-0.25, -0.2) is 9.97 Å². The molecule has 0 unspecified atom stereocenters. The summed E-state index contributed by atoms with van der Waals surface area (Å²) in [5.41, 5.74) is -1.12. The number of fused-ring (bicyclic) bond motifs is 1. The van der Waals surface area contributed by atoms with Crippen LogP contribution in [0.4, 0.5) is 13.2 Å². The van der Waals surface area contributed by atoms with Crippen molar-refractivity contribution in [3.63, 3.8) is 0 Å².